The van der Waals surface area contributed by atoms with Crippen LogP contribution < -0.4 is 11.1 Å². The highest BCUT2D eigenvalue weighted by molar-refractivity contribution is 5.85. The van der Waals surface area contributed by atoms with Crippen molar-refractivity contribution >= 4 is 18.4 Å². The molecular formula is C25H39N3O6. The summed E-state index contributed by atoms with van der Waals surface area (Å²) in [6.07, 6.45) is 6.33. The number of amidine groups is 1. The van der Waals surface area contributed by atoms with E-state index in [0.29, 0.717) is 12.6 Å². The van der Waals surface area contributed by atoms with Crippen LogP contribution in [0.4, 0.5) is 4.79 Å². The third kappa shape index (κ3) is 10.5. The average molecular weight is 478 g/mol. The Morgan fingerprint density at radius 2 is 1.79 bits per heavy atom. The van der Waals surface area contributed by atoms with E-state index < -0.39 is 6.10 Å². The minimum Gasteiger partial charge on any atom is -0.444 e. The smallest absolute Gasteiger partial charge is 0.407 e. The molecule has 1 saturated heterocycles. The molecule has 3 N–H and O–H groups in total. The van der Waals surface area contributed by atoms with Gasteiger partial charge in [-0.05, 0) is 65.4 Å². The van der Waals surface area contributed by atoms with Crippen molar-refractivity contribution in [2.75, 3.05) is 6.61 Å². The topological polar surface area (TPSA) is 121 Å². The molecule has 9 nitrogen and oxygen atoms in total. The number of carbonyl (C=O) groups is 2. The maximum atomic E-state index is 11.3. The third-order valence-electron chi connectivity index (χ3n) is 5.35. The summed E-state index contributed by atoms with van der Waals surface area (Å²) < 4.78 is 16.6. The van der Waals surface area contributed by atoms with Crippen LogP contribution in [0.5, 0.6) is 0 Å². The summed E-state index contributed by atoms with van der Waals surface area (Å²) in [5.41, 5.74) is 7.46. The monoisotopic (exact) mass is 477 g/mol. The molecule has 1 aliphatic heterocycles. The Kier molecular flexibility index (Phi) is 11.3. The average Bonchev–Trinajstić information content (AvgIpc) is 3.29. The Morgan fingerprint density at radius 1 is 1.15 bits per heavy atom. The fraction of sp³-hybridized carbons (Fsp3) is 0.640. The molecule has 1 saturated carbocycles. The maximum absolute atomic E-state index is 11.3. The van der Waals surface area contributed by atoms with E-state index in [1.165, 1.54) is 12.8 Å². The summed E-state index contributed by atoms with van der Waals surface area (Å²) in [4.78, 5) is 25.9. The standard InChI is InChI=1S/C15H20N2O4.C10H19NO2/c1-11-5-7-12(8-6-11)14(15(16)17-20-10-18)21-13-4-2-3-9-19-13;1-10(2,3)13-9(12)11-8-6-4-5-7-8/h5-8,10,13-14H,2-4,9H2,1H3,(H2,16,17);8H,4-7H2,1-3H3,(H,11,12). The number of ether oxygens (including phenoxy) is 3. The first-order valence-electron chi connectivity index (χ1n) is 11.9. The zero-order valence-electron chi connectivity index (χ0n) is 20.7. The molecule has 1 aromatic rings. The van der Waals surface area contributed by atoms with Crippen LogP contribution in [0, 0.1) is 6.92 Å². The van der Waals surface area contributed by atoms with E-state index in [9.17, 15) is 9.59 Å². The molecule has 2 unspecified atom stereocenters. The summed E-state index contributed by atoms with van der Waals surface area (Å²) in [7, 11) is 0. The Balaban J connectivity index is 0.000000270. The lowest BCUT2D eigenvalue weighted by Gasteiger charge is -2.27. The number of rotatable bonds is 7. The molecule has 1 aliphatic carbocycles. The SMILES string of the molecule is CC(C)(C)OC(=O)NC1CCCC1.Cc1ccc(C(OC2CCCCO2)/C(N)=N/OC=O)cc1. The summed E-state index contributed by atoms with van der Waals surface area (Å²) in [6, 6.07) is 8.08. The molecule has 0 bridgehead atoms. The van der Waals surface area contributed by atoms with Gasteiger partial charge in [0.2, 0.25) is 0 Å². The van der Waals surface area contributed by atoms with Crippen molar-refractivity contribution in [3.05, 3.63) is 35.4 Å². The molecule has 9 heteroatoms. The van der Waals surface area contributed by atoms with Gasteiger partial charge in [0.05, 0.1) is 0 Å². The molecule has 1 heterocycles. The summed E-state index contributed by atoms with van der Waals surface area (Å²) in [5.74, 6) is 0.0835. The molecule has 0 radical (unpaired) electrons. The maximum Gasteiger partial charge on any atom is 0.407 e. The Hall–Kier alpha value is -2.65. The van der Waals surface area contributed by atoms with Gasteiger partial charge in [-0.2, -0.15) is 0 Å². The Labute approximate surface area is 202 Å². The van der Waals surface area contributed by atoms with Crippen LogP contribution in [0.15, 0.2) is 29.4 Å². The number of alkyl carbamates (subject to hydrolysis) is 1. The molecule has 34 heavy (non-hydrogen) atoms. The molecular weight excluding hydrogens is 438 g/mol. The first kappa shape index (κ1) is 27.6. The fourth-order valence-electron chi connectivity index (χ4n) is 3.71. The number of hydrogen-bond donors (Lipinski definition) is 2. The van der Waals surface area contributed by atoms with Gasteiger partial charge >= 0.3 is 12.6 Å². The van der Waals surface area contributed by atoms with Gasteiger partial charge < -0.3 is 30.1 Å². The number of amides is 1. The molecule has 190 valence electrons. The number of aryl methyl sites for hydroxylation is 1. The van der Waals surface area contributed by atoms with Crippen molar-refractivity contribution in [3.8, 4) is 0 Å². The molecule has 1 aromatic carbocycles. The predicted molar refractivity (Wildman–Crippen MR) is 129 cm³/mol. The Morgan fingerprint density at radius 3 is 2.35 bits per heavy atom. The van der Waals surface area contributed by atoms with E-state index in [1.54, 1.807) is 0 Å². The second-order valence-corrected chi connectivity index (χ2v) is 9.57. The van der Waals surface area contributed by atoms with Gasteiger partial charge in [0, 0.05) is 12.6 Å². The van der Waals surface area contributed by atoms with Gasteiger partial charge in [0.1, 0.15) is 11.7 Å². The molecule has 0 spiro atoms. The molecule has 2 atom stereocenters. The minimum absolute atomic E-state index is 0.0835. The van der Waals surface area contributed by atoms with Gasteiger partial charge in [0.15, 0.2) is 12.1 Å². The number of nitrogens with one attached hydrogen (secondary N) is 1. The highest BCUT2D eigenvalue weighted by atomic mass is 16.7. The van der Waals surface area contributed by atoms with E-state index in [4.69, 9.17) is 19.9 Å². The van der Waals surface area contributed by atoms with E-state index in [2.05, 4.69) is 15.3 Å². The van der Waals surface area contributed by atoms with E-state index >= 15 is 0 Å². The number of hydrogen-bond acceptors (Lipinski definition) is 7. The van der Waals surface area contributed by atoms with Crippen molar-refractivity contribution in [1.82, 2.24) is 5.32 Å². The van der Waals surface area contributed by atoms with E-state index in [-0.39, 0.29) is 30.3 Å². The molecule has 1 amide bonds. The van der Waals surface area contributed by atoms with Gasteiger partial charge in [-0.25, -0.2) is 4.79 Å². The highest BCUT2D eigenvalue weighted by Crippen LogP contribution is 2.25. The van der Waals surface area contributed by atoms with Crippen LogP contribution in [0.1, 0.15) is 82.9 Å². The lowest BCUT2D eigenvalue weighted by Crippen LogP contribution is -2.37. The fourth-order valence-corrected chi connectivity index (χ4v) is 3.71. The number of oxime groups is 1. The van der Waals surface area contributed by atoms with Gasteiger partial charge in [-0.1, -0.05) is 47.8 Å². The number of nitrogens with zero attached hydrogens (tertiary/aromatic N) is 1. The van der Waals surface area contributed by atoms with Gasteiger partial charge in [-0.3, -0.25) is 4.79 Å². The number of carbonyl (C=O) groups excluding carboxylic acids is 2. The van der Waals surface area contributed by atoms with Crippen LogP contribution in [-0.4, -0.2) is 42.9 Å². The largest absolute Gasteiger partial charge is 0.444 e. The first-order chi connectivity index (χ1) is 16.2. The van der Waals surface area contributed by atoms with E-state index in [0.717, 1.165) is 43.2 Å². The van der Waals surface area contributed by atoms with Crippen molar-refractivity contribution in [3.63, 3.8) is 0 Å². The van der Waals surface area contributed by atoms with Crippen molar-refractivity contribution < 1.29 is 28.6 Å². The lowest BCUT2D eigenvalue weighted by atomic mass is 10.1. The molecule has 3 rings (SSSR count). The quantitative estimate of drug-likeness (QED) is 0.195. The second kappa shape index (κ2) is 13.9. The summed E-state index contributed by atoms with van der Waals surface area (Å²) >= 11 is 0. The first-order valence-corrected chi connectivity index (χ1v) is 11.9. The van der Waals surface area contributed by atoms with Crippen LogP contribution in [0.25, 0.3) is 0 Å². The van der Waals surface area contributed by atoms with Gasteiger partial charge in [0.25, 0.3) is 0 Å². The van der Waals surface area contributed by atoms with Crippen LogP contribution in [-0.2, 0) is 23.8 Å². The zero-order chi connectivity index (χ0) is 25.0. The normalized spacial score (nSPS) is 20.0. The van der Waals surface area contributed by atoms with Crippen molar-refractivity contribution in [1.29, 1.82) is 0 Å². The number of benzene rings is 1. The minimum atomic E-state index is -0.603. The molecule has 0 aromatic heterocycles. The summed E-state index contributed by atoms with van der Waals surface area (Å²) in [5, 5.41) is 6.43. The molecule has 2 aliphatic rings. The highest BCUT2D eigenvalue weighted by Gasteiger charge is 2.25. The van der Waals surface area contributed by atoms with E-state index in [1.807, 2.05) is 52.0 Å². The predicted octanol–water partition coefficient (Wildman–Crippen LogP) is 4.48. The third-order valence-corrected chi connectivity index (χ3v) is 5.35. The van der Waals surface area contributed by atoms with Crippen molar-refractivity contribution in [2.45, 2.75) is 96.7 Å². The Bertz CT molecular complexity index is 779. The summed E-state index contributed by atoms with van der Waals surface area (Å²) in [6.45, 7) is 8.52. The molecule has 2 fully saturated rings. The van der Waals surface area contributed by atoms with Crippen LogP contribution in [0.3, 0.4) is 0 Å². The van der Waals surface area contributed by atoms with Crippen LogP contribution in [0.2, 0.25) is 0 Å². The second-order valence-electron chi connectivity index (χ2n) is 9.57. The number of nitrogens with two attached hydrogens (primary N) is 1. The van der Waals surface area contributed by atoms with Crippen LogP contribution >= 0.6 is 0 Å². The zero-order valence-corrected chi connectivity index (χ0v) is 20.7. The lowest BCUT2D eigenvalue weighted by molar-refractivity contribution is -0.176. The van der Waals surface area contributed by atoms with Crippen molar-refractivity contribution in [2.24, 2.45) is 10.9 Å². The van der Waals surface area contributed by atoms with Gasteiger partial charge in [-0.15, -0.1) is 0 Å².